The Hall–Kier alpha value is -2.15. The first-order valence-corrected chi connectivity index (χ1v) is 6.23. The van der Waals surface area contributed by atoms with Crippen molar-refractivity contribution in [1.29, 1.82) is 0 Å². The normalized spacial score (nSPS) is 11.7. The fourth-order valence-corrected chi connectivity index (χ4v) is 1.94. The molecule has 21 heavy (non-hydrogen) atoms. The Labute approximate surface area is 119 Å². The third-order valence-electron chi connectivity index (χ3n) is 3.08. The molecule has 4 nitrogen and oxygen atoms in total. The van der Waals surface area contributed by atoms with Gasteiger partial charge in [-0.15, -0.1) is 0 Å². The standard InChI is InChI=1S/C14H14F3N3O/c1-20-11(7-13(19-20)14(15,16)17)12(21)6-9-2-4-10(8-18)5-3-9/h2-5,7H,6,8,18H2,1H3. The Bertz CT molecular complexity index is 644. The largest absolute Gasteiger partial charge is 0.435 e. The predicted octanol–water partition coefficient (Wildman–Crippen LogP) is 2.32. The lowest BCUT2D eigenvalue weighted by Crippen LogP contribution is -2.10. The number of nitrogens with two attached hydrogens (primary N) is 1. The average molecular weight is 297 g/mol. The maximum Gasteiger partial charge on any atom is 0.435 e. The molecule has 1 heterocycles. The summed E-state index contributed by atoms with van der Waals surface area (Å²) in [6.45, 7) is 0.394. The molecule has 112 valence electrons. The van der Waals surface area contributed by atoms with Crippen molar-refractivity contribution in [3.05, 3.63) is 52.8 Å². The second-order valence-electron chi connectivity index (χ2n) is 4.66. The number of carbonyl (C=O) groups is 1. The Kier molecular flexibility index (Phi) is 4.13. The van der Waals surface area contributed by atoms with E-state index in [2.05, 4.69) is 5.10 Å². The molecule has 0 atom stereocenters. The minimum Gasteiger partial charge on any atom is -0.326 e. The number of carbonyl (C=O) groups excluding carboxylic acids is 1. The molecule has 0 amide bonds. The van der Waals surface area contributed by atoms with E-state index in [-0.39, 0.29) is 12.1 Å². The third kappa shape index (κ3) is 3.49. The number of alkyl halides is 3. The van der Waals surface area contributed by atoms with E-state index in [0.29, 0.717) is 12.1 Å². The van der Waals surface area contributed by atoms with Crippen molar-refractivity contribution in [3.8, 4) is 0 Å². The summed E-state index contributed by atoms with van der Waals surface area (Å²) in [5, 5.41) is 3.33. The van der Waals surface area contributed by atoms with E-state index in [1.807, 2.05) is 0 Å². The number of aryl methyl sites for hydroxylation is 1. The summed E-state index contributed by atoms with van der Waals surface area (Å²) >= 11 is 0. The van der Waals surface area contributed by atoms with Crippen molar-refractivity contribution in [2.45, 2.75) is 19.1 Å². The van der Waals surface area contributed by atoms with Crippen molar-refractivity contribution in [2.24, 2.45) is 12.8 Å². The van der Waals surface area contributed by atoms with Crippen LogP contribution in [0.4, 0.5) is 13.2 Å². The summed E-state index contributed by atoms with van der Waals surface area (Å²) in [7, 11) is 1.32. The Morgan fingerprint density at radius 1 is 1.24 bits per heavy atom. The van der Waals surface area contributed by atoms with E-state index in [9.17, 15) is 18.0 Å². The Morgan fingerprint density at radius 3 is 2.29 bits per heavy atom. The summed E-state index contributed by atoms with van der Waals surface area (Å²) in [5.41, 5.74) is 5.98. The van der Waals surface area contributed by atoms with Gasteiger partial charge >= 0.3 is 6.18 Å². The molecule has 0 spiro atoms. The number of ketones is 1. The lowest BCUT2D eigenvalue weighted by Gasteiger charge is -2.03. The topological polar surface area (TPSA) is 60.9 Å². The van der Waals surface area contributed by atoms with Crippen LogP contribution in [0.1, 0.15) is 27.3 Å². The van der Waals surface area contributed by atoms with Crippen molar-refractivity contribution in [2.75, 3.05) is 0 Å². The number of aromatic nitrogens is 2. The van der Waals surface area contributed by atoms with Gasteiger partial charge in [-0.05, 0) is 17.2 Å². The highest BCUT2D eigenvalue weighted by molar-refractivity contribution is 5.96. The summed E-state index contributed by atoms with van der Waals surface area (Å²) in [4.78, 5) is 12.1. The van der Waals surface area contributed by atoms with Gasteiger partial charge < -0.3 is 5.73 Å². The van der Waals surface area contributed by atoms with Crippen LogP contribution in [0.2, 0.25) is 0 Å². The van der Waals surface area contributed by atoms with Crippen LogP contribution in [0.5, 0.6) is 0 Å². The lowest BCUT2D eigenvalue weighted by atomic mass is 10.0. The quantitative estimate of drug-likeness (QED) is 0.881. The first-order valence-electron chi connectivity index (χ1n) is 6.23. The van der Waals surface area contributed by atoms with Crippen molar-refractivity contribution >= 4 is 5.78 Å². The number of halogens is 3. The third-order valence-corrected chi connectivity index (χ3v) is 3.08. The molecule has 1 aromatic carbocycles. The molecular formula is C14H14F3N3O. The molecule has 7 heteroatoms. The fourth-order valence-electron chi connectivity index (χ4n) is 1.94. The second kappa shape index (κ2) is 5.69. The summed E-state index contributed by atoms with van der Waals surface area (Å²) in [5.74, 6) is -0.416. The number of hydrogen-bond donors (Lipinski definition) is 1. The summed E-state index contributed by atoms with van der Waals surface area (Å²) in [6, 6.07) is 7.82. The lowest BCUT2D eigenvalue weighted by molar-refractivity contribution is -0.141. The van der Waals surface area contributed by atoms with Crippen LogP contribution in [-0.4, -0.2) is 15.6 Å². The zero-order valence-corrected chi connectivity index (χ0v) is 11.3. The molecule has 0 radical (unpaired) electrons. The van der Waals surface area contributed by atoms with Gasteiger partial charge in [0.2, 0.25) is 0 Å². The number of nitrogens with zero attached hydrogens (tertiary/aromatic N) is 2. The van der Waals surface area contributed by atoms with E-state index < -0.39 is 17.7 Å². The SMILES string of the molecule is Cn1nc(C(F)(F)F)cc1C(=O)Cc1ccc(CN)cc1. The van der Waals surface area contributed by atoms with Crippen LogP contribution in [0.3, 0.4) is 0 Å². The van der Waals surface area contributed by atoms with Crippen LogP contribution in [-0.2, 0) is 26.2 Å². The van der Waals surface area contributed by atoms with Gasteiger partial charge in [-0.2, -0.15) is 18.3 Å². The second-order valence-corrected chi connectivity index (χ2v) is 4.66. The molecule has 0 bridgehead atoms. The van der Waals surface area contributed by atoms with Crippen LogP contribution < -0.4 is 5.73 Å². The molecule has 0 aliphatic carbocycles. The molecule has 0 saturated heterocycles. The fraction of sp³-hybridized carbons (Fsp3) is 0.286. The van der Waals surface area contributed by atoms with Crippen LogP contribution in [0.25, 0.3) is 0 Å². The first kappa shape index (κ1) is 15.2. The monoisotopic (exact) mass is 297 g/mol. The molecule has 1 aromatic heterocycles. The first-order chi connectivity index (χ1) is 9.81. The summed E-state index contributed by atoms with van der Waals surface area (Å²) < 4.78 is 38.6. The van der Waals surface area contributed by atoms with E-state index >= 15 is 0 Å². The summed E-state index contributed by atoms with van der Waals surface area (Å²) in [6.07, 6.45) is -4.54. The van der Waals surface area contributed by atoms with Gasteiger partial charge in [0.1, 0.15) is 5.69 Å². The molecule has 2 aromatic rings. The van der Waals surface area contributed by atoms with E-state index in [4.69, 9.17) is 5.73 Å². The molecule has 2 rings (SSSR count). The maximum absolute atomic E-state index is 12.6. The van der Waals surface area contributed by atoms with Gasteiger partial charge in [-0.25, -0.2) is 0 Å². The highest BCUT2D eigenvalue weighted by Gasteiger charge is 2.35. The molecule has 0 unspecified atom stereocenters. The molecule has 0 aliphatic heterocycles. The predicted molar refractivity (Wildman–Crippen MR) is 70.6 cm³/mol. The van der Waals surface area contributed by atoms with Gasteiger partial charge in [0.05, 0.1) is 0 Å². The van der Waals surface area contributed by atoms with Crippen LogP contribution in [0.15, 0.2) is 30.3 Å². The van der Waals surface area contributed by atoms with Gasteiger partial charge in [-0.3, -0.25) is 9.48 Å². The van der Waals surface area contributed by atoms with Gasteiger partial charge in [0.25, 0.3) is 0 Å². The minimum absolute atomic E-state index is 0.0156. The van der Waals surface area contributed by atoms with Gasteiger partial charge in [0, 0.05) is 20.0 Å². The molecule has 2 N–H and O–H groups in total. The smallest absolute Gasteiger partial charge is 0.326 e. The number of hydrogen-bond acceptors (Lipinski definition) is 3. The average Bonchev–Trinajstić information content (AvgIpc) is 2.82. The maximum atomic E-state index is 12.6. The molecule has 0 fully saturated rings. The van der Waals surface area contributed by atoms with Gasteiger partial charge in [0.15, 0.2) is 11.5 Å². The number of Topliss-reactive ketones (excluding diaryl/α,β-unsaturated/α-hetero) is 1. The van der Waals surface area contributed by atoms with E-state index in [1.54, 1.807) is 24.3 Å². The molecule has 0 saturated carbocycles. The molecular weight excluding hydrogens is 283 g/mol. The minimum atomic E-state index is -4.56. The number of rotatable bonds is 4. The van der Waals surface area contributed by atoms with Crippen LogP contribution >= 0.6 is 0 Å². The van der Waals surface area contributed by atoms with Crippen molar-refractivity contribution in [1.82, 2.24) is 9.78 Å². The van der Waals surface area contributed by atoms with Crippen molar-refractivity contribution < 1.29 is 18.0 Å². The zero-order chi connectivity index (χ0) is 15.6. The van der Waals surface area contributed by atoms with E-state index in [1.165, 1.54) is 7.05 Å². The van der Waals surface area contributed by atoms with Crippen molar-refractivity contribution in [3.63, 3.8) is 0 Å². The van der Waals surface area contributed by atoms with Crippen LogP contribution in [0, 0.1) is 0 Å². The Balaban J connectivity index is 2.18. The highest BCUT2D eigenvalue weighted by atomic mass is 19.4. The Morgan fingerprint density at radius 2 is 1.81 bits per heavy atom. The molecule has 0 aliphatic rings. The number of benzene rings is 1. The van der Waals surface area contributed by atoms with Gasteiger partial charge in [-0.1, -0.05) is 24.3 Å². The zero-order valence-electron chi connectivity index (χ0n) is 11.3. The highest BCUT2D eigenvalue weighted by Crippen LogP contribution is 2.28. The van der Waals surface area contributed by atoms with E-state index in [0.717, 1.165) is 16.3 Å².